The van der Waals surface area contributed by atoms with Crippen LogP contribution in [0.15, 0.2) is 23.8 Å². The van der Waals surface area contributed by atoms with E-state index in [2.05, 4.69) is 6.08 Å². The molecule has 0 saturated heterocycles. The fourth-order valence-corrected chi connectivity index (χ4v) is 1.09. The van der Waals surface area contributed by atoms with Crippen molar-refractivity contribution in [2.75, 3.05) is 0 Å². The average molecular weight is 152 g/mol. The van der Waals surface area contributed by atoms with Gasteiger partial charge in [0.15, 0.2) is 0 Å². The smallest absolute Gasteiger partial charge is 0.303 e. The first-order valence-electron chi connectivity index (χ1n) is 3.73. The molecular formula is C9H12O2. The van der Waals surface area contributed by atoms with Crippen LogP contribution in [0.4, 0.5) is 0 Å². The largest absolute Gasteiger partial charge is 0.458 e. The van der Waals surface area contributed by atoms with Gasteiger partial charge in [-0.25, -0.2) is 0 Å². The van der Waals surface area contributed by atoms with Crippen molar-refractivity contribution < 1.29 is 9.53 Å². The van der Waals surface area contributed by atoms with E-state index in [1.165, 1.54) is 12.5 Å². The lowest BCUT2D eigenvalue weighted by Crippen LogP contribution is -2.13. The minimum atomic E-state index is -0.217. The van der Waals surface area contributed by atoms with Gasteiger partial charge in [0.2, 0.25) is 0 Å². The number of allylic oxidation sites excluding steroid dienone is 3. The number of hydrogen-bond acceptors (Lipinski definition) is 2. The lowest BCUT2D eigenvalue weighted by atomic mass is 10.1. The molecule has 1 rings (SSSR count). The molecule has 0 aliphatic heterocycles. The van der Waals surface area contributed by atoms with Crippen LogP contribution in [0.25, 0.3) is 0 Å². The topological polar surface area (TPSA) is 26.3 Å². The van der Waals surface area contributed by atoms with E-state index in [4.69, 9.17) is 4.74 Å². The summed E-state index contributed by atoms with van der Waals surface area (Å²) in [6, 6.07) is 0. The summed E-state index contributed by atoms with van der Waals surface area (Å²) in [7, 11) is 0. The Labute approximate surface area is 66.5 Å². The maximum absolute atomic E-state index is 10.5. The van der Waals surface area contributed by atoms with Gasteiger partial charge in [0.1, 0.15) is 6.10 Å². The third kappa shape index (κ3) is 2.22. The molecule has 0 aromatic carbocycles. The van der Waals surface area contributed by atoms with Gasteiger partial charge in [0, 0.05) is 6.92 Å². The summed E-state index contributed by atoms with van der Waals surface area (Å²) in [4.78, 5) is 10.5. The van der Waals surface area contributed by atoms with E-state index < -0.39 is 0 Å². The molecule has 0 amide bonds. The second kappa shape index (κ2) is 3.37. The maximum Gasteiger partial charge on any atom is 0.303 e. The van der Waals surface area contributed by atoms with E-state index in [1.54, 1.807) is 0 Å². The van der Waals surface area contributed by atoms with Crippen molar-refractivity contribution in [2.45, 2.75) is 26.4 Å². The fraction of sp³-hybridized carbons (Fsp3) is 0.444. The van der Waals surface area contributed by atoms with Crippen LogP contribution in [-0.2, 0) is 9.53 Å². The van der Waals surface area contributed by atoms with Crippen LogP contribution in [0.3, 0.4) is 0 Å². The van der Waals surface area contributed by atoms with Gasteiger partial charge < -0.3 is 4.74 Å². The zero-order valence-corrected chi connectivity index (χ0v) is 6.83. The number of esters is 1. The molecule has 0 spiro atoms. The van der Waals surface area contributed by atoms with Crippen LogP contribution in [0, 0.1) is 0 Å². The van der Waals surface area contributed by atoms with Crippen LogP contribution >= 0.6 is 0 Å². The Hall–Kier alpha value is -1.05. The van der Waals surface area contributed by atoms with Gasteiger partial charge in [-0.2, -0.15) is 0 Å². The molecule has 2 nitrogen and oxygen atoms in total. The van der Waals surface area contributed by atoms with Crippen molar-refractivity contribution in [1.29, 1.82) is 0 Å². The lowest BCUT2D eigenvalue weighted by Gasteiger charge is -2.12. The summed E-state index contributed by atoms with van der Waals surface area (Å²) < 4.78 is 4.99. The number of carbonyl (C=O) groups excluding carboxylic acids is 1. The third-order valence-corrected chi connectivity index (χ3v) is 1.66. The average Bonchev–Trinajstić information content (AvgIpc) is 2.35. The molecule has 1 aliphatic rings. The molecule has 0 N–H and O–H groups in total. The summed E-state index contributed by atoms with van der Waals surface area (Å²) in [5.74, 6) is -0.217. The summed E-state index contributed by atoms with van der Waals surface area (Å²) in [5, 5.41) is 0. The third-order valence-electron chi connectivity index (χ3n) is 1.66. The molecular weight excluding hydrogens is 140 g/mol. The van der Waals surface area contributed by atoms with E-state index in [-0.39, 0.29) is 12.1 Å². The van der Waals surface area contributed by atoms with E-state index in [9.17, 15) is 4.79 Å². The zero-order valence-electron chi connectivity index (χ0n) is 6.83. The Kier molecular flexibility index (Phi) is 2.47. The van der Waals surface area contributed by atoms with Crippen LogP contribution in [0.1, 0.15) is 20.3 Å². The van der Waals surface area contributed by atoms with Gasteiger partial charge in [0.25, 0.3) is 0 Å². The fourth-order valence-electron chi connectivity index (χ4n) is 1.09. The Bertz CT molecular complexity index is 214. The second-order valence-electron chi connectivity index (χ2n) is 2.63. The van der Waals surface area contributed by atoms with Gasteiger partial charge in [0.05, 0.1) is 0 Å². The molecule has 0 aromatic rings. The van der Waals surface area contributed by atoms with Gasteiger partial charge in [-0.05, 0) is 18.9 Å². The molecule has 0 aromatic heterocycles. The molecule has 0 radical (unpaired) electrons. The summed E-state index contributed by atoms with van der Waals surface area (Å²) in [5.41, 5.74) is 1.17. The number of carbonyl (C=O) groups is 1. The highest BCUT2D eigenvalue weighted by atomic mass is 16.5. The summed E-state index contributed by atoms with van der Waals surface area (Å²) in [6.07, 6.45) is 6.87. The predicted octanol–water partition coefficient (Wildman–Crippen LogP) is 1.82. The molecule has 0 saturated carbocycles. The number of hydrogen-bond donors (Lipinski definition) is 0. The Morgan fingerprint density at radius 3 is 2.91 bits per heavy atom. The first-order valence-corrected chi connectivity index (χ1v) is 3.73. The van der Waals surface area contributed by atoms with Crippen molar-refractivity contribution in [1.82, 2.24) is 0 Å². The number of ether oxygens (including phenoxy) is 1. The normalized spacial score (nSPS) is 17.8. The standard InChI is InChI=1S/C9H12O2/c1-7(11-8(2)10)9-5-3-4-6-9/h3-5,7H,6H2,1-2H3/t7-/m0/s1. The Balaban J connectivity index is 2.42. The van der Waals surface area contributed by atoms with Crippen LogP contribution < -0.4 is 0 Å². The van der Waals surface area contributed by atoms with Crippen molar-refractivity contribution in [2.24, 2.45) is 0 Å². The zero-order chi connectivity index (χ0) is 8.27. The van der Waals surface area contributed by atoms with E-state index in [0.29, 0.717) is 0 Å². The van der Waals surface area contributed by atoms with E-state index in [0.717, 1.165) is 6.42 Å². The molecule has 11 heavy (non-hydrogen) atoms. The van der Waals surface area contributed by atoms with Crippen LogP contribution in [-0.4, -0.2) is 12.1 Å². The maximum atomic E-state index is 10.5. The minimum Gasteiger partial charge on any atom is -0.458 e. The molecule has 2 heteroatoms. The van der Waals surface area contributed by atoms with Crippen molar-refractivity contribution in [3.63, 3.8) is 0 Å². The van der Waals surface area contributed by atoms with Gasteiger partial charge >= 0.3 is 5.97 Å². The second-order valence-corrected chi connectivity index (χ2v) is 2.63. The Morgan fingerprint density at radius 2 is 2.45 bits per heavy atom. The quantitative estimate of drug-likeness (QED) is 0.564. The van der Waals surface area contributed by atoms with E-state index in [1.807, 2.05) is 19.1 Å². The minimum absolute atomic E-state index is 0.0671. The lowest BCUT2D eigenvalue weighted by molar-refractivity contribution is -0.143. The van der Waals surface area contributed by atoms with Gasteiger partial charge in [-0.3, -0.25) is 4.79 Å². The highest BCUT2D eigenvalue weighted by molar-refractivity contribution is 5.66. The molecule has 0 bridgehead atoms. The van der Waals surface area contributed by atoms with Gasteiger partial charge in [-0.15, -0.1) is 0 Å². The van der Waals surface area contributed by atoms with Crippen molar-refractivity contribution >= 4 is 5.97 Å². The monoisotopic (exact) mass is 152 g/mol. The highest BCUT2D eigenvalue weighted by Crippen LogP contribution is 2.16. The van der Waals surface area contributed by atoms with Gasteiger partial charge in [-0.1, -0.05) is 18.2 Å². The summed E-state index contributed by atoms with van der Waals surface area (Å²) >= 11 is 0. The number of rotatable bonds is 2. The molecule has 1 atom stereocenters. The predicted molar refractivity (Wildman–Crippen MR) is 43.1 cm³/mol. The van der Waals surface area contributed by atoms with Crippen LogP contribution in [0.2, 0.25) is 0 Å². The molecule has 0 heterocycles. The first kappa shape index (κ1) is 8.05. The molecule has 1 aliphatic carbocycles. The SMILES string of the molecule is CC(=O)O[C@@H](C)C1=CC=CC1. The van der Waals surface area contributed by atoms with E-state index >= 15 is 0 Å². The van der Waals surface area contributed by atoms with Crippen LogP contribution in [0.5, 0.6) is 0 Å². The molecule has 0 unspecified atom stereocenters. The van der Waals surface area contributed by atoms with Crippen molar-refractivity contribution in [3.8, 4) is 0 Å². The molecule has 0 fully saturated rings. The highest BCUT2D eigenvalue weighted by Gasteiger charge is 2.11. The summed E-state index contributed by atoms with van der Waals surface area (Å²) in [6.45, 7) is 3.32. The first-order chi connectivity index (χ1) is 5.20. The Morgan fingerprint density at radius 1 is 1.73 bits per heavy atom. The molecule has 60 valence electrons. The van der Waals surface area contributed by atoms with Crippen molar-refractivity contribution in [3.05, 3.63) is 23.8 Å².